The molecule has 7 heteroatoms. The summed E-state index contributed by atoms with van der Waals surface area (Å²) in [5.41, 5.74) is -0.321. The minimum absolute atomic E-state index is 0.00135. The summed E-state index contributed by atoms with van der Waals surface area (Å²) in [5.74, 6) is -0.0650. The van der Waals surface area contributed by atoms with Crippen LogP contribution in [-0.2, 0) is 9.84 Å². The summed E-state index contributed by atoms with van der Waals surface area (Å²) >= 11 is 0. The summed E-state index contributed by atoms with van der Waals surface area (Å²) in [5, 5.41) is 9.35. The molecule has 1 rings (SSSR count). The van der Waals surface area contributed by atoms with E-state index in [1.807, 2.05) is 13.8 Å². The first-order valence-corrected chi connectivity index (χ1v) is 11.9. The number of benzene rings is 1. The number of sulfone groups is 1. The number of Topliss-reactive ketones (excluding diaryl/α,β-unsaturated/α-hetero) is 1. The van der Waals surface area contributed by atoms with Gasteiger partial charge in [-0.25, -0.2) is 13.2 Å². The van der Waals surface area contributed by atoms with E-state index >= 15 is 0 Å². The van der Waals surface area contributed by atoms with E-state index in [1.54, 1.807) is 32.9 Å². The van der Waals surface area contributed by atoms with Crippen LogP contribution < -0.4 is 0 Å². The number of carboxylic acid groups (broad SMARTS) is 1. The number of carbonyl (C=O) groups excluding carboxylic acids is 1. The SMILES string of the molecule is CCCC(CCC)CS(=O)(=O)c1cccc(C(=O)CCN(C(=O)O)C(C)(C)C)c1. The normalized spacial score (nSPS) is 12.2. The van der Waals surface area contributed by atoms with Crippen LogP contribution in [0.15, 0.2) is 29.2 Å². The molecule has 0 bridgehead atoms. The standard InChI is InChI=1S/C22H35NO5S/c1-6-9-17(10-7-2)16-29(27,28)19-12-8-11-18(15-19)20(24)13-14-23(21(25)26)22(3,4)5/h8,11-12,15,17H,6-7,9-10,13-14,16H2,1-5H3,(H,25,26). The first-order chi connectivity index (χ1) is 13.4. The molecule has 0 saturated carbocycles. The highest BCUT2D eigenvalue weighted by Gasteiger charge is 2.27. The molecule has 1 aromatic rings. The topological polar surface area (TPSA) is 91.8 Å². The smallest absolute Gasteiger partial charge is 0.407 e. The van der Waals surface area contributed by atoms with Crippen LogP contribution in [0.5, 0.6) is 0 Å². The predicted octanol–water partition coefficient (Wildman–Crippen LogP) is 5.03. The largest absolute Gasteiger partial charge is 0.465 e. The van der Waals surface area contributed by atoms with E-state index < -0.39 is 21.5 Å². The Balaban J connectivity index is 2.95. The second-order valence-corrected chi connectivity index (χ2v) is 10.6. The van der Waals surface area contributed by atoms with Gasteiger partial charge < -0.3 is 10.0 Å². The van der Waals surface area contributed by atoms with Crippen LogP contribution in [0, 0.1) is 5.92 Å². The number of amides is 1. The molecule has 1 aromatic carbocycles. The van der Waals surface area contributed by atoms with Crippen LogP contribution in [0.1, 0.15) is 77.1 Å². The second-order valence-electron chi connectivity index (χ2n) is 8.53. The van der Waals surface area contributed by atoms with Crippen molar-refractivity contribution in [2.45, 2.75) is 77.2 Å². The molecule has 29 heavy (non-hydrogen) atoms. The van der Waals surface area contributed by atoms with Gasteiger partial charge >= 0.3 is 6.09 Å². The molecule has 0 saturated heterocycles. The molecular formula is C22H35NO5S. The Bertz CT molecular complexity index is 790. The molecule has 0 radical (unpaired) electrons. The Morgan fingerprint density at radius 1 is 1.10 bits per heavy atom. The lowest BCUT2D eigenvalue weighted by Gasteiger charge is -2.32. The van der Waals surface area contributed by atoms with E-state index in [9.17, 15) is 23.1 Å². The monoisotopic (exact) mass is 425 g/mol. The van der Waals surface area contributed by atoms with Crippen LogP contribution in [-0.4, -0.2) is 48.1 Å². The van der Waals surface area contributed by atoms with E-state index in [4.69, 9.17) is 0 Å². The van der Waals surface area contributed by atoms with Gasteiger partial charge in [0.15, 0.2) is 15.6 Å². The van der Waals surface area contributed by atoms with Crippen molar-refractivity contribution in [2.24, 2.45) is 5.92 Å². The van der Waals surface area contributed by atoms with Crippen LogP contribution >= 0.6 is 0 Å². The average Bonchev–Trinajstić information content (AvgIpc) is 2.60. The lowest BCUT2D eigenvalue weighted by atomic mass is 10.0. The minimum Gasteiger partial charge on any atom is -0.465 e. The summed E-state index contributed by atoms with van der Waals surface area (Å²) in [4.78, 5) is 25.4. The van der Waals surface area contributed by atoms with Crippen molar-refractivity contribution >= 4 is 21.7 Å². The van der Waals surface area contributed by atoms with Crippen molar-refractivity contribution in [3.8, 4) is 0 Å². The number of nitrogens with zero attached hydrogens (tertiary/aromatic N) is 1. The number of hydrogen-bond donors (Lipinski definition) is 1. The van der Waals surface area contributed by atoms with Gasteiger partial charge in [-0.05, 0) is 51.7 Å². The molecule has 0 atom stereocenters. The first-order valence-electron chi connectivity index (χ1n) is 10.3. The van der Waals surface area contributed by atoms with Crippen molar-refractivity contribution in [1.29, 1.82) is 0 Å². The molecule has 0 fully saturated rings. The summed E-state index contributed by atoms with van der Waals surface area (Å²) in [7, 11) is -3.48. The zero-order valence-electron chi connectivity index (χ0n) is 18.3. The maximum Gasteiger partial charge on any atom is 0.407 e. The fourth-order valence-electron chi connectivity index (χ4n) is 3.47. The Morgan fingerprint density at radius 2 is 1.69 bits per heavy atom. The third-order valence-corrected chi connectivity index (χ3v) is 6.85. The number of ketones is 1. The van der Waals surface area contributed by atoms with Gasteiger partial charge in [-0.2, -0.15) is 0 Å². The number of hydrogen-bond acceptors (Lipinski definition) is 4. The van der Waals surface area contributed by atoms with E-state index in [0.717, 1.165) is 25.7 Å². The predicted molar refractivity (Wildman–Crippen MR) is 115 cm³/mol. The number of carbonyl (C=O) groups is 2. The van der Waals surface area contributed by atoms with Gasteiger partial charge in [-0.15, -0.1) is 0 Å². The summed E-state index contributed by atoms with van der Waals surface area (Å²) in [6.07, 6.45) is 2.52. The highest BCUT2D eigenvalue weighted by molar-refractivity contribution is 7.91. The van der Waals surface area contributed by atoms with Crippen LogP contribution in [0.3, 0.4) is 0 Å². The Kier molecular flexibility index (Phi) is 9.33. The molecule has 0 aromatic heterocycles. The van der Waals surface area contributed by atoms with Gasteiger partial charge in [0, 0.05) is 24.1 Å². The Hall–Kier alpha value is -1.89. The third-order valence-electron chi connectivity index (χ3n) is 4.97. The van der Waals surface area contributed by atoms with Crippen molar-refractivity contribution in [2.75, 3.05) is 12.3 Å². The molecule has 164 valence electrons. The Morgan fingerprint density at radius 3 is 2.17 bits per heavy atom. The highest BCUT2D eigenvalue weighted by atomic mass is 32.2. The molecule has 0 aliphatic rings. The molecule has 0 aliphatic carbocycles. The average molecular weight is 426 g/mol. The zero-order chi connectivity index (χ0) is 22.2. The van der Waals surface area contributed by atoms with Crippen LogP contribution in [0.25, 0.3) is 0 Å². The van der Waals surface area contributed by atoms with Gasteiger partial charge in [-0.3, -0.25) is 4.79 Å². The van der Waals surface area contributed by atoms with Crippen molar-refractivity contribution in [3.63, 3.8) is 0 Å². The summed E-state index contributed by atoms with van der Waals surface area (Å²) in [6.45, 7) is 9.45. The highest BCUT2D eigenvalue weighted by Crippen LogP contribution is 2.22. The molecule has 1 amide bonds. The summed E-state index contributed by atoms with van der Waals surface area (Å²) < 4.78 is 25.7. The molecule has 0 unspecified atom stereocenters. The molecule has 6 nitrogen and oxygen atoms in total. The molecule has 1 N–H and O–H groups in total. The van der Waals surface area contributed by atoms with E-state index in [0.29, 0.717) is 5.56 Å². The second kappa shape index (κ2) is 10.8. The van der Waals surface area contributed by atoms with Crippen molar-refractivity contribution in [3.05, 3.63) is 29.8 Å². The van der Waals surface area contributed by atoms with E-state index in [-0.39, 0.29) is 35.3 Å². The van der Waals surface area contributed by atoms with Crippen molar-refractivity contribution in [1.82, 2.24) is 4.90 Å². The fraction of sp³-hybridized carbons (Fsp3) is 0.636. The zero-order valence-corrected chi connectivity index (χ0v) is 19.1. The number of rotatable bonds is 11. The van der Waals surface area contributed by atoms with E-state index in [1.165, 1.54) is 17.0 Å². The van der Waals surface area contributed by atoms with Gasteiger partial charge in [0.1, 0.15) is 0 Å². The van der Waals surface area contributed by atoms with Crippen molar-refractivity contribution < 1.29 is 23.1 Å². The maximum atomic E-state index is 12.9. The van der Waals surface area contributed by atoms with Crippen LogP contribution in [0.4, 0.5) is 4.79 Å². The fourth-order valence-corrected chi connectivity index (χ4v) is 5.21. The first kappa shape index (κ1) is 25.1. The van der Waals surface area contributed by atoms with Gasteiger partial charge in [0.05, 0.1) is 10.6 Å². The minimum atomic E-state index is -3.48. The van der Waals surface area contributed by atoms with Gasteiger partial charge in [-0.1, -0.05) is 38.8 Å². The van der Waals surface area contributed by atoms with Gasteiger partial charge in [0.2, 0.25) is 0 Å². The third kappa shape index (κ3) is 7.80. The molecule has 0 spiro atoms. The van der Waals surface area contributed by atoms with Gasteiger partial charge in [0.25, 0.3) is 0 Å². The van der Waals surface area contributed by atoms with Crippen LogP contribution in [0.2, 0.25) is 0 Å². The Labute approximate surface area is 175 Å². The lowest BCUT2D eigenvalue weighted by molar-refractivity contribution is 0.0871. The van der Waals surface area contributed by atoms with E-state index in [2.05, 4.69) is 0 Å². The summed E-state index contributed by atoms with van der Waals surface area (Å²) in [6, 6.07) is 6.11. The maximum absolute atomic E-state index is 12.9. The lowest BCUT2D eigenvalue weighted by Crippen LogP contribution is -2.45. The molecule has 0 aliphatic heterocycles. The molecule has 0 heterocycles. The quantitative estimate of drug-likeness (QED) is 0.502. The molecular weight excluding hydrogens is 390 g/mol.